The van der Waals surface area contributed by atoms with Crippen molar-refractivity contribution in [3.63, 3.8) is 0 Å². The minimum atomic E-state index is -2.88. The number of nitrogens with one attached hydrogen (secondary N) is 2. The minimum Gasteiger partial charge on any atom is -0.480 e. The molecule has 2 amide bonds. The van der Waals surface area contributed by atoms with Crippen molar-refractivity contribution in [1.29, 1.82) is 0 Å². The van der Waals surface area contributed by atoms with E-state index < -0.39 is 42.9 Å². The second kappa shape index (κ2) is 10.2. The number of hydrogen-bond donors (Lipinski definition) is 3. The Bertz CT molecular complexity index is 952. The molecule has 1 unspecified atom stereocenters. The van der Waals surface area contributed by atoms with Crippen molar-refractivity contribution < 1.29 is 33.0 Å². The number of ether oxygens (including phenoxy) is 1. The van der Waals surface area contributed by atoms with Crippen LogP contribution in [0.25, 0.3) is 11.1 Å². The predicted octanol–water partition coefficient (Wildman–Crippen LogP) is 3.53. The molecule has 2 atom stereocenters. The lowest BCUT2D eigenvalue weighted by atomic mass is 9.98. The van der Waals surface area contributed by atoms with E-state index in [4.69, 9.17) is 9.84 Å². The summed E-state index contributed by atoms with van der Waals surface area (Å²) in [5, 5.41) is 13.4. The zero-order valence-electron chi connectivity index (χ0n) is 17.4. The van der Waals surface area contributed by atoms with Crippen LogP contribution in [0.1, 0.15) is 36.8 Å². The smallest absolute Gasteiger partial charge is 0.407 e. The molecule has 0 saturated carbocycles. The number of fused-ring (bicyclic) bond motifs is 3. The van der Waals surface area contributed by atoms with Crippen LogP contribution in [0.5, 0.6) is 0 Å². The number of carbonyl (C=O) groups is 3. The third-order valence-electron chi connectivity index (χ3n) is 5.39. The first-order chi connectivity index (χ1) is 15.3. The average molecular weight is 446 g/mol. The van der Waals surface area contributed by atoms with Crippen molar-refractivity contribution in [1.82, 2.24) is 10.6 Å². The maximum atomic E-state index is 12.9. The monoisotopic (exact) mass is 446 g/mol. The summed E-state index contributed by atoms with van der Waals surface area (Å²) in [4.78, 5) is 35.7. The maximum absolute atomic E-state index is 12.9. The highest BCUT2D eigenvalue weighted by Crippen LogP contribution is 2.44. The van der Waals surface area contributed by atoms with Crippen molar-refractivity contribution in [2.75, 3.05) is 6.61 Å². The number of benzene rings is 2. The second-order valence-corrected chi connectivity index (χ2v) is 7.46. The summed E-state index contributed by atoms with van der Waals surface area (Å²) in [6.45, 7) is 1.48. The van der Waals surface area contributed by atoms with Crippen LogP contribution in [0.4, 0.5) is 13.6 Å². The number of aliphatic carboxylic acids is 1. The molecule has 9 heteroatoms. The molecule has 1 aliphatic rings. The first kappa shape index (κ1) is 23.2. The molecular formula is C23H24F2N2O5. The lowest BCUT2D eigenvalue weighted by Gasteiger charge is -2.21. The molecular weight excluding hydrogens is 422 g/mol. The number of carboxylic acid groups (broad SMARTS) is 1. The molecule has 0 aromatic heterocycles. The quantitative estimate of drug-likeness (QED) is 0.547. The number of alkyl carbamates (subject to hydrolysis) is 1. The Balaban J connectivity index is 1.67. The third-order valence-corrected chi connectivity index (χ3v) is 5.39. The van der Waals surface area contributed by atoms with Gasteiger partial charge in [0.2, 0.25) is 12.3 Å². The van der Waals surface area contributed by atoms with E-state index in [9.17, 15) is 23.2 Å². The topological polar surface area (TPSA) is 105 Å². The van der Waals surface area contributed by atoms with E-state index in [1.54, 1.807) is 0 Å². The van der Waals surface area contributed by atoms with Crippen molar-refractivity contribution >= 4 is 18.0 Å². The van der Waals surface area contributed by atoms with Gasteiger partial charge in [-0.2, -0.15) is 0 Å². The van der Waals surface area contributed by atoms with Crippen LogP contribution in [0.15, 0.2) is 48.5 Å². The molecule has 32 heavy (non-hydrogen) atoms. The second-order valence-electron chi connectivity index (χ2n) is 7.46. The van der Waals surface area contributed by atoms with Crippen LogP contribution < -0.4 is 10.6 Å². The number of hydrogen-bond acceptors (Lipinski definition) is 4. The highest BCUT2D eigenvalue weighted by Gasteiger charge is 2.31. The van der Waals surface area contributed by atoms with Crippen molar-refractivity contribution in [3.8, 4) is 11.1 Å². The molecule has 3 rings (SSSR count). The summed E-state index contributed by atoms with van der Waals surface area (Å²) < 4.78 is 31.2. The molecule has 0 radical (unpaired) electrons. The molecule has 3 N–H and O–H groups in total. The lowest BCUT2D eigenvalue weighted by Crippen LogP contribution is -2.52. The highest BCUT2D eigenvalue weighted by molar-refractivity contribution is 5.89. The van der Waals surface area contributed by atoms with Gasteiger partial charge in [-0.3, -0.25) is 4.79 Å². The third kappa shape index (κ3) is 5.22. The Morgan fingerprint density at radius 3 is 2.03 bits per heavy atom. The fourth-order valence-corrected chi connectivity index (χ4v) is 3.80. The van der Waals surface area contributed by atoms with Crippen molar-refractivity contribution in [3.05, 3.63) is 59.7 Å². The molecule has 2 aromatic rings. The van der Waals surface area contributed by atoms with Gasteiger partial charge in [0.15, 0.2) is 0 Å². The fourth-order valence-electron chi connectivity index (χ4n) is 3.80. The Kier molecular flexibility index (Phi) is 7.40. The molecule has 7 nitrogen and oxygen atoms in total. The number of halogens is 2. The lowest BCUT2D eigenvalue weighted by molar-refractivity contribution is -0.142. The maximum Gasteiger partial charge on any atom is 0.407 e. The number of carbonyl (C=O) groups excluding carboxylic acids is 2. The van der Waals surface area contributed by atoms with Crippen LogP contribution in [0.2, 0.25) is 0 Å². The molecule has 0 spiro atoms. The Morgan fingerprint density at radius 1 is 0.969 bits per heavy atom. The van der Waals surface area contributed by atoms with Gasteiger partial charge in [0.05, 0.1) is 0 Å². The Hall–Kier alpha value is -3.49. The van der Waals surface area contributed by atoms with Crippen molar-refractivity contribution in [2.45, 2.75) is 44.2 Å². The van der Waals surface area contributed by atoms with Gasteiger partial charge in [0.25, 0.3) is 0 Å². The Morgan fingerprint density at radius 2 is 1.53 bits per heavy atom. The molecule has 1 aliphatic carbocycles. The summed E-state index contributed by atoms with van der Waals surface area (Å²) in [5.41, 5.74) is 4.03. The summed E-state index contributed by atoms with van der Waals surface area (Å²) in [6, 6.07) is 12.6. The molecule has 0 saturated heterocycles. The number of rotatable bonds is 9. The number of amides is 2. The van der Waals surface area contributed by atoms with Crippen LogP contribution >= 0.6 is 0 Å². The largest absolute Gasteiger partial charge is 0.480 e. The summed E-state index contributed by atoms with van der Waals surface area (Å²) in [7, 11) is 0. The number of alkyl halides is 2. The van der Waals surface area contributed by atoms with Gasteiger partial charge in [0.1, 0.15) is 18.7 Å². The predicted molar refractivity (Wildman–Crippen MR) is 112 cm³/mol. The molecule has 170 valence electrons. The fraction of sp³-hybridized carbons (Fsp3) is 0.348. The van der Waals surface area contributed by atoms with Crippen molar-refractivity contribution in [2.24, 2.45) is 0 Å². The first-order valence-electron chi connectivity index (χ1n) is 10.2. The zero-order chi connectivity index (χ0) is 23.3. The van der Waals surface area contributed by atoms with E-state index in [2.05, 4.69) is 10.6 Å². The summed E-state index contributed by atoms with van der Waals surface area (Å²) >= 11 is 0. The van der Waals surface area contributed by atoms with E-state index in [-0.39, 0.29) is 18.9 Å². The van der Waals surface area contributed by atoms with Gasteiger partial charge in [-0.25, -0.2) is 18.4 Å². The normalized spacial score (nSPS) is 14.2. The van der Waals surface area contributed by atoms with E-state index in [1.165, 1.54) is 6.92 Å². The van der Waals surface area contributed by atoms with E-state index in [1.807, 2.05) is 48.5 Å². The van der Waals surface area contributed by atoms with E-state index >= 15 is 0 Å². The average Bonchev–Trinajstić information content (AvgIpc) is 3.08. The number of carboxylic acids is 1. The van der Waals surface area contributed by atoms with Gasteiger partial charge < -0.3 is 20.5 Å². The zero-order valence-corrected chi connectivity index (χ0v) is 17.4. The highest BCUT2D eigenvalue weighted by atomic mass is 19.3. The molecule has 0 heterocycles. The van der Waals surface area contributed by atoms with Gasteiger partial charge in [-0.15, -0.1) is 0 Å². The van der Waals surface area contributed by atoms with Gasteiger partial charge in [-0.1, -0.05) is 55.5 Å². The van der Waals surface area contributed by atoms with Crippen LogP contribution in [-0.2, 0) is 14.3 Å². The van der Waals surface area contributed by atoms with E-state index in [0.717, 1.165) is 22.3 Å². The Labute approximate surface area is 183 Å². The van der Waals surface area contributed by atoms with E-state index in [0.29, 0.717) is 0 Å². The first-order valence-corrected chi connectivity index (χ1v) is 10.2. The van der Waals surface area contributed by atoms with Crippen LogP contribution in [0.3, 0.4) is 0 Å². The molecule has 0 bridgehead atoms. The molecule has 0 fully saturated rings. The van der Waals surface area contributed by atoms with Crippen LogP contribution in [0, 0.1) is 0 Å². The van der Waals surface area contributed by atoms with Gasteiger partial charge in [0, 0.05) is 12.3 Å². The van der Waals surface area contributed by atoms with Crippen LogP contribution in [-0.4, -0.2) is 48.2 Å². The summed E-state index contributed by atoms with van der Waals surface area (Å²) in [5.74, 6) is -2.53. The molecule has 2 aromatic carbocycles. The van der Waals surface area contributed by atoms with Gasteiger partial charge >= 0.3 is 12.1 Å². The summed E-state index contributed by atoms with van der Waals surface area (Å²) in [6.07, 6.45) is -4.82. The minimum absolute atomic E-state index is 0.0460. The standard InChI is InChI=1S/C23H24F2N2O5/c1-2-18(22(29)30)26-21(28)19(11-20(24)25)27-23(31)32-12-17-15-9-5-3-7-13(15)14-8-4-6-10-16(14)17/h3-10,17-20H,2,11-12H2,1H3,(H,26,28)(H,27,31)(H,29,30)/t18-,19?/m1/s1. The molecule has 0 aliphatic heterocycles. The SMILES string of the molecule is CC[C@@H](NC(=O)C(CC(F)F)NC(=O)OCC1c2ccccc2-c2ccccc21)C(=O)O. The van der Waals surface area contributed by atoms with Gasteiger partial charge in [-0.05, 0) is 28.7 Å².